The molecule has 2 rings (SSSR count). The van der Waals surface area contributed by atoms with Gasteiger partial charge in [0.05, 0.1) is 19.2 Å². The van der Waals surface area contributed by atoms with Crippen LogP contribution in [0, 0.1) is 0 Å². The number of rotatable bonds is 4. The molecule has 0 bridgehead atoms. The van der Waals surface area contributed by atoms with Crippen molar-refractivity contribution in [1.82, 2.24) is 5.32 Å². The molecule has 0 unspecified atom stereocenters. The van der Waals surface area contributed by atoms with E-state index in [4.69, 9.17) is 33.3 Å². The zero-order valence-corrected chi connectivity index (χ0v) is 14.5. The number of carbonyl (C=O) groups excluding carboxylic acids is 1. The highest BCUT2D eigenvalue weighted by atomic mass is 35.5. The molecular weight excluding hydrogens is 352 g/mol. The van der Waals surface area contributed by atoms with Crippen molar-refractivity contribution in [2.24, 2.45) is 0 Å². The molecule has 2 aromatic carbocycles. The lowest BCUT2D eigenvalue weighted by atomic mass is 10.3. The summed E-state index contributed by atoms with van der Waals surface area (Å²) in [5.41, 5.74) is 0.600. The first-order valence-corrected chi connectivity index (χ1v) is 7.58. The lowest BCUT2D eigenvalue weighted by Gasteiger charge is -2.12. The maximum Gasteiger partial charge on any atom is 0.413 e. The highest BCUT2D eigenvalue weighted by molar-refractivity contribution is 7.80. The standard InChI is InChI=1S/C16H15ClN2O4S/c1-21-11-4-6-12(7-5-11)23-14-8-3-10(9-13(14)17)18-15(24)19-16(20)22-2/h3-9H,1-2H3,(H2,18,19,20,24). The van der Waals surface area contributed by atoms with E-state index in [0.717, 1.165) is 5.75 Å². The third-order valence-electron chi connectivity index (χ3n) is 2.88. The average molecular weight is 367 g/mol. The van der Waals surface area contributed by atoms with Crippen molar-refractivity contribution >= 4 is 40.7 Å². The molecule has 0 saturated heterocycles. The molecule has 2 aromatic rings. The molecule has 0 fully saturated rings. The van der Waals surface area contributed by atoms with Crippen LogP contribution in [0.5, 0.6) is 17.2 Å². The summed E-state index contributed by atoms with van der Waals surface area (Å²) in [5, 5.41) is 5.64. The Bertz CT molecular complexity index is 737. The molecule has 0 spiro atoms. The normalized spacial score (nSPS) is 9.79. The fourth-order valence-electron chi connectivity index (χ4n) is 1.74. The largest absolute Gasteiger partial charge is 0.497 e. The number of hydrogen-bond acceptors (Lipinski definition) is 5. The number of nitrogens with one attached hydrogen (secondary N) is 2. The van der Waals surface area contributed by atoms with E-state index in [2.05, 4.69) is 15.4 Å². The summed E-state index contributed by atoms with van der Waals surface area (Å²) in [4.78, 5) is 11.1. The fourth-order valence-corrected chi connectivity index (χ4v) is 2.16. The van der Waals surface area contributed by atoms with E-state index in [1.54, 1.807) is 49.6 Å². The first-order chi connectivity index (χ1) is 11.5. The Balaban J connectivity index is 2.03. The Morgan fingerprint density at radius 3 is 2.33 bits per heavy atom. The van der Waals surface area contributed by atoms with E-state index in [1.807, 2.05) is 0 Å². The van der Waals surface area contributed by atoms with Gasteiger partial charge in [-0.3, -0.25) is 5.32 Å². The van der Waals surface area contributed by atoms with Crippen molar-refractivity contribution in [3.8, 4) is 17.2 Å². The van der Waals surface area contributed by atoms with E-state index in [0.29, 0.717) is 22.2 Å². The summed E-state index contributed by atoms with van der Waals surface area (Å²) in [6, 6.07) is 12.2. The number of benzene rings is 2. The lowest BCUT2D eigenvalue weighted by Crippen LogP contribution is -2.33. The third-order valence-corrected chi connectivity index (χ3v) is 3.38. The SMILES string of the molecule is COC(=O)NC(=S)Nc1ccc(Oc2ccc(OC)cc2)c(Cl)c1. The Kier molecular flexibility index (Phi) is 6.22. The number of methoxy groups -OCH3 is 2. The van der Waals surface area contributed by atoms with E-state index >= 15 is 0 Å². The van der Waals surface area contributed by atoms with Crippen LogP contribution in [-0.2, 0) is 4.74 Å². The molecule has 0 radical (unpaired) electrons. The van der Waals surface area contributed by atoms with Crippen molar-refractivity contribution in [1.29, 1.82) is 0 Å². The Morgan fingerprint density at radius 1 is 1.08 bits per heavy atom. The second-order valence-corrected chi connectivity index (χ2v) is 5.31. The topological polar surface area (TPSA) is 68.8 Å². The highest BCUT2D eigenvalue weighted by Gasteiger charge is 2.08. The Morgan fingerprint density at radius 2 is 1.75 bits per heavy atom. The van der Waals surface area contributed by atoms with Gasteiger partial charge in [-0.1, -0.05) is 11.6 Å². The molecule has 24 heavy (non-hydrogen) atoms. The van der Waals surface area contributed by atoms with Gasteiger partial charge in [0.15, 0.2) is 5.11 Å². The predicted octanol–water partition coefficient (Wildman–Crippen LogP) is 4.19. The molecule has 6 nitrogen and oxygen atoms in total. The van der Waals surface area contributed by atoms with Crippen LogP contribution in [0.4, 0.5) is 10.5 Å². The summed E-state index contributed by atoms with van der Waals surface area (Å²) < 4.78 is 15.3. The predicted molar refractivity (Wildman–Crippen MR) is 96.3 cm³/mol. The van der Waals surface area contributed by atoms with Crippen molar-refractivity contribution < 1.29 is 19.0 Å². The van der Waals surface area contributed by atoms with E-state index in [9.17, 15) is 4.79 Å². The number of amides is 1. The quantitative estimate of drug-likeness (QED) is 0.790. The number of ether oxygens (including phenoxy) is 3. The van der Waals surface area contributed by atoms with Crippen molar-refractivity contribution in [3.05, 3.63) is 47.5 Å². The second-order valence-electron chi connectivity index (χ2n) is 4.49. The Hall–Kier alpha value is -2.51. The van der Waals surface area contributed by atoms with E-state index in [1.165, 1.54) is 7.11 Å². The molecule has 126 valence electrons. The minimum Gasteiger partial charge on any atom is -0.497 e. The maximum absolute atomic E-state index is 11.1. The van der Waals surface area contributed by atoms with Crippen molar-refractivity contribution in [2.75, 3.05) is 19.5 Å². The zero-order chi connectivity index (χ0) is 17.5. The van der Waals surface area contributed by atoms with Crippen molar-refractivity contribution in [2.45, 2.75) is 0 Å². The maximum atomic E-state index is 11.1. The van der Waals surface area contributed by atoms with Crippen LogP contribution >= 0.6 is 23.8 Å². The summed E-state index contributed by atoms with van der Waals surface area (Å²) >= 11 is 11.2. The van der Waals surface area contributed by atoms with E-state index in [-0.39, 0.29) is 5.11 Å². The van der Waals surface area contributed by atoms with Gasteiger partial charge in [0, 0.05) is 5.69 Å². The minimum atomic E-state index is -0.655. The zero-order valence-electron chi connectivity index (χ0n) is 13.0. The molecule has 0 aromatic heterocycles. The fraction of sp³-hybridized carbons (Fsp3) is 0.125. The number of thiocarbonyl (C=S) groups is 1. The average Bonchev–Trinajstić information content (AvgIpc) is 2.57. The number of carbonyl (C=O) groups is 1. The van der Waals surface area contributed by atoms with Crippen molar-refractivity contribution in [3.63, 3.8) is 0 Å². The molecule has 0 atom stereocenters. The van der Waals surface area contributed by atoms with Gasteiger partial charge in [-0.25, -0.2) is 4.79 Å². The molecule has 0 saturated carbocycles. The number of hydrogen-bond donors (Lipinski definition) is 2. The number of anilines is 1. The van der Waals surface area contributed by atoms with Gasteiger partial charge in [0.1, 0.15) is 17.2 Å². The van der Waals surface area contributed by atoms with Crippen LogP contribution in [0.15, 0.2) is 42.5 Å². The van der Waals surface area contributed by atoms with Crippen LogP contribution in [0.3, 0.4) is 0 Å². The summed E-state index contributed by atoms with van der Waals surface area (Å²) in [7, 11) is 2.85. The van der Waals surface area contributed by atoms with Crippen LogP contribution in [0.25, 0.3) is 0 Å². The second kappa shape index (κ2) is 8.37. The van der Waals surface area contributed by atoms with Gasteiger partial charge in [0.25, 0.3) is 0 Å². The van der Waals surface area contributed by atoms with Gasteiger partial charge >= 0.3 is 6.09 Å². The molecule has 8 heteroatoms. The lowest BCUT2D eigenvalue weighted by molar-refractivity contribution is 0.177. The molecular formula is C16H15ClN2O4S. The first-order valence-electron chi connectivity index (χ1n) is 6.79. The molecule has 2 N–H and O–H groups in total. The Labute approximate surface area is 149 Å². The smallest absolute Gasteiger partial charge is 0.413 e. The van der Waals surface area contributed by atoms with Gasteiger partial charge < -0.3 is 19.5 Å². The van der Waals surface area contributed by atoms with Gasteiger partial charge in [-0.15, -0.1) is 0 Å². The molecule has 1 amide bonds. The van der Waals surface area contributed by atoms with Crippen LogP contribution < -0.4 is 20.1 Å². The number of halogens is 1. The summed E-state index contributed by atoms with van der Waals surface area (Å²) in [5.74, 6) is 1.85. The molecule has 0 heterocycles. The van der Waals surface area contributed by atoms with Crippen LogP contribution in [0.2, 0.25) is 5.02 Å². The van der Waals surface area contributed by atoms with Crippen LogP contribution in [-0.4, -0.2) is 25.4 Å². The van der Waals surface area contributed by atoms with Gasteiger partial charge in [-0.05, 0) is 54.7 Å². The minimum absolute atomic E-state index is 0.0988. The molecule has 0 aliphatic rings. The highest BCUT2D eigenvalue weighted by Crippen LogP contribution is 2.32. The molecule has 0 aliphatic carbocycles. The monoisotopic (exact) mass is 366 g/mol. The number of alkyl carbamates (subject to hydrolysis) is 1. The van der Waals surface area contributed by atoms with Gasteiger partial charge in [0.2, 0.25) is 0 Å². The first kappa shape index (κ1) is 17.8. The summed E-state index contributed by atoms with van der Waals surface area (Å²) in [6.07, 6.45) is -0.655. The van der Waals surface area contributed by atoms with Crippen LogP contribution in [0.1, 0.15) is 0 Å². The third kappa shape index (κ3) is 5.00. The molecule has 0 aliphatic heterocycles. The van der Waals surface area contributed by atoms with Gasteiger partial charge in [-0.2, -0.15) is 0 Å². The summed E-state index contributed by atoms with van der Waals surface area (Å²) in [6.45, 7) is 0. The van der Waals surface area contributed by atoms with E-state index < -0.39 is 6.09 Å².